The topological polar surface area (TPSA) is 49.2 Å². The third-order valence-electron chi connectivity index (χ3n) is 3.38. The maximum Gasteiger partial charge on any atom is 0.225 e. The first kappa shape index (κ1) is 12.3. The Bertz CT molecular complexity index is 360. The molecule has 0 atom stereocenters. The first-order valence-electron chi connectivity index (χ1n) is 6.49. The fraction of sp³-hybridized carbons (Fsp3) is 0.692. The molecule has 94 valence electrons. The summed E-state index contributed by atoms with van der Waals surface area (Å²) in [5, 5.41) is 9.11. The Morgan fingerprint density at radius 2 is 1.82 bits per heavy atom. The first-order valence-corrected chi connectivity index (χ1v) is 6.49. The summed E-state index contributed by atoms with van der Waals surface area (Å²) in [5.74, 6) is 0.821. The normalized spacial score (nSPS) is 17.6. The van der Waals surface area contributed by atoms with Crippen molar-refractivity contribution in [3.8, 4) is 0 Å². The summed E-state index contributed by atoms with van der Waals surface area (Å²) in [6.45, 7) is 4.06. The van der Waals surface area contributed by atoms with Crippen molar-refractivity contribution in [3.63, 3.8) is 0 Å². The van der Waals surface area contributed by atoms with Crippen molar-refractivity contribution >= 4 is 5.95 Å². The number of hydrogen-bond acceptors (Lipinski definition) is 4. The van der Waals surface area contributed by atoms with Gasteiger partial charge in [-0.1, -0.05) is 19.3 Å². The lowest BCUT2D eigenvalue weighted by Crippen LogP contribution is -2.29. The number of anilines is 1. The molecule has 1 saturated heterocycles. The average Bonchev–Trinajstić information content (AvgIpc) is 2.28. The van der Waals surface area contributed by atoms with Crippen LogP contribution < -0.4 is 4.90 Å². The molecular weight excluding hydrogens is 214 g/mol. The van der Waals surface area contributed by atoms with Crippen LogP contribution in [0.2, 0.25) is 0 Å². The highest BCUT2D eigenvalue weighted by atomic mass is 16.3. The maximum absolute atomic E-state index is 9.11. The lowest BCUT2D eigenvalue weighted by atomic mass is 10.1. The predicted molar refractivity (Wildman–Crippen MR) is 68.0 cm³/mol. The van der Waals surface area contributed by atoms with Crippen LogP contribution in [0.25, 0.3) is 0 Å². The predicted octanol–water partition coefficient (Wildman–Crippen LogP) is 2.05. The van der Waals surface area contributed by atoms with Gasteiger partial charge in [0.05, 0.1) is 6.61 Å². The molecule has 2 rings (SSSR count). The largest absolute Gasteiger partial charge is 0.392 e. The summed E-state index contributed by atoms with van der Waals surface area (Å²) in [6.07, 6.45) is 8.18. The van der Waals surface area contributed by atoms with Crippen LogP contribution in [0.1, 0.15) is 43.4 Å². The Morgan fingerprint density at radius 3 is 2.41 bits per heavy atom. The van der Waals surface area contributed by atoms with Gasteiger partial charge in [-0.15, -0.1) is 0 Å². The van der Waals surface area contributed by atoms with E-state index in [0.717, 1.165) is 30.3 Å². The number of hydrogen-bond donors (Lipinski definition) is 1. The standard InChI is InChI=1S/C13H21N3O/c1-11-12(10-17)9-14-13(15-11)16-7-5-3-2-4-6-8-16/h9,17H,2-8,10H2,1H3. The molecule has 4 nitrogen and oxygen atoms in total. The minimum Gasteiger partial charge on any atom is -0.392 e. The molecule has 1 aliphatic heterocycles. The molecule has 0 aliphatic carbocycles. The third-order valence-corrected chi connectivity index (χ3v) is 3.38. The van der Waals surface area contributed by atoms with E-state index in [0.29, 0.717) is 0 Å². The molecule has 0 unspecified atom stereocenters. The minimum atomic E-state index is 0.0200. The zero-order valence-electron chi connectivity index (χ0n) is 10.5. The van der Waals surface area contributed by atoms with Gasteiger partial charge in [0.2, 0.25) is 5.95 Å². The lowest BCUT2D eigenvalue weighted by molar-refractivity contribution is 0.280. The SMILES string of the molecule is Cc1nc(N2CCCCCCC2)ncc1CO. The van der Waals surface area contributed by atoms with E-state index in [1.807, 2.05) is 6.92 Å². The highest BCUT2D eigenvalue weighted by molar-refractivity contribution is 5.32. The highest BCUT2D eigenvalue weighted by Crippen LogP contribution is 2.16. The summed E-state index contributed by atoms with van der Waals surface area (Å²) in [4.78, 5) is 11.1. The number of aliphatic hydroxyl groups is 1. The van der Waals surface area contributed by atoms with Gasteiger partial charge in [-0.2, -0.15) is 0 Å². The second kappa shape index (κ2) is 5.96. The second-order valence-electron chi connectivity index (χ2n) is 4.69. The molecule has 1 aliphatic rings. The van der Waals surface area contributed by atoms with E-state index in [2.05, 4.69) is 14.9 Å². The van der Waals surface area contributed by atoms with Crippen molar-refractivity contribution < 1.29 is 5.11 Å². The summed E-state index contributed by atoms with van der Waals surface area (Å²) < 4.78 is 0. The Labute approximate surface area is 103 Å². The number of rotatable bonds is 2. The van der Waals surface area contributed by atoms with Gasteiger partial charge in [0.25, 0.3) is 0 Å². The second-order valence-corrected chi connectivity index (χ2v) is 4.69. The van der Waals surface area contributed by atoms with E-state index >= 15 is 0 Å². The van der Waals surface area contributed by atoms with Crippen LogP contribution in [0.15, 0.2) is 6.20 Å². The van der Waals surface area contributed by atoms with Gasteiger partial charge in [0.1, 0.15) is 0 Å². The average molecular weight is 235 g/mol. The van der Waals surface area contributed by atoms with Gasteiger partial charge >= 0.3 is 0 Å². The van der Waals surface area contributed by atoms with Crippen molar-refractivity contribution in [2.45, 2.75) is 45.6 Å². The number of aromatic nitrogens is 2. The summed E-state index contributed by atoms with van der Waals surface area (Å²) in [6, 6.07) is 0. The van der Waals surface area contributed by atoms with Crippen molar-refractivity contribution in [1.29, 1.82) is 0 Å². The summed E-state index contributed by atoms with van der Waals surface area (Å²) in [7, 11) is 0. The molecule has 2 heterocycles. The molecule has 1 N–H and O–H groups in total. The molecule has 1 fully saturated rings. The Morgan fingerprint density at radius 1 is 1.18 bits per heavy atom. The summed E-state index contributed by atoms with van der Waals surface area (Å²) in [5.41, 5.74) is 1.71. The molecule has 4 heteroatoms. The van der Waals surface area contributed by atoms with Crippen LogP contribution in [-0.2, 0) is 6.61 Å². The van der Waals surface area contributed by atoms with Crippen molar-refractivity contribution in [3.05, 3.63) is 17.5 Å². The van der Waals surface area contributed by atoms with Crippen LogP contribution in [-0.4, -0.2) is 28.2 Å². The van der Waals surface area contributed by atoms with Gasteiger partial charge < -0.3 is 10.0 Å². The van der Waals surface area contributed by atoms with Gasteiger partial charge in [-0.25, -0.2) is 9.97 Å². The van der Waals surface area contributed by atoms with Crippen LogP contribution in [0.5, 0.6) is 0 Å². The van der Waals surface area contributed by atoms with Gasteiger partial charge in [-0.05, 0) is 19.8 Å². The number of aryl methyl sites for hydroxylation is 1. The van der Waals surface area contributed by atoms with E-state index in [-0.39, 0.29) is 6.61 Å². The van der Waals surface area contributed by atoms with E-state index in [1.54, 1.807) is 6.20 Å². The van der Waals surface area contributed by atoms with E-state index in [4.69, 9.17) is 5.11 Å². The molecule has 17 heavy (non-hydrogen) atoms. The lowest BCUT2D eigenvalue weighted by Gasteiger charge is -2.25. The van der Waals surface area contributed by atoms with Gasteiger partial charge in [-0.3, -0.25) is 0 Å². The zero-order chi connectivity index (χ0) is 12.1. The molecule has 0 spiro atoms. The monoisotopic (exact) mass is 235 g/mol. The van der Waals surface area contributed by atoms with Crippen LogP contribution >= 0.6 is 0 Å². The van der Waals surface area contributed by atoms with E-state index < -0.39 is 0 Å². The van der Waals surface area contributed by atoms with Crippen molar-refractivity contribution in [2.24, 2.45) is 0 Å². The molecule has 0 aromatic carbocycles. The van der Waals surface area contributed by atoms with Gasteiger partial charge in [0.15, 0.2) is 0 Å². The van der Waals surface area contributed by atoms with Crippen molar-refractivity contribution in [1.82, 2.24) is 9.97 Å². The fourth-order valence-electron chi connectivity index (χ4n) is 2.23. The molecule has 0 bridgehead atoms. The maximum atomic E-state index is 9.11. The van der Waals surface area contributed by atoms with Crippen molar-refractivity contribution in [2.75, 3.05) is 18.0 Å². The quantitative estimate of drug-likeness (QED) is 0.852. The molecule has 0 radical (unpaired) electrons. The third kappa shape index (κ3) is 3.16. The molecule has 1 aromatic rings. The zero-order valence-corrected chi connectivity index (χ0v) is 10.5. The summed E-state index contributed by atoms with van der Waals surface area (Å²) >= 11 is 0. The van der Waals surface area contributed by atoms with Gasteiger partial charge in [0, 0.05) is 30.5 Å². The number of aliphatic hydroxyl groups excluding tert-OH is 1. The molecule has 0 saturated carbocycles. The Hall–Kier alpha value is -1.16. The van der Waals surface area contributed by atoms with Crippen LogP contribution in [0.4, 0.5) is 5.95 Å². The number of nitrogens with zero attached hydrogens (tertiary/aromatic N) is 3. The fourth-order valence-corrected chi connectivity index (χ4v) is 2.23. The minimum absolute atomic E-state index is 0.0200. The highest BCUT2D eigenvalue weighted by Gasteiger charge is 2.12. The Balaban J connectivity index is 2.11. The molecule has 0 amide bonds. The van der Waals surface area contributed by atoms with Crippen LogP contribution in [0.3, 0.4) is 0 Å². The molecular formula is C13H21N3O. The molecule has 1 aromatic heterocycles. The van der Waals surface area contributed by atoms with E-state index in [9.17, 15) is 0 Å². The first-order chi connectivity index (χ1) is 8.31. The Kier molecular flexibility index (Phi) is 4.31. The van der Waals surface area contributed by atoms with Crippen LogP contribution in [0, 0.1) is 6.92 Å². The van der Waals surface area contributed by atoms with E-state index in [1.165, 1.54) is 32.1 Å². The smallest absolute Gasteiger partial charge is 0.225 e.